The molecule has 0 bridgehead atoms. The summed E-state index contributed by atoms with van der Waals surface area (Å²) < 4.78 is 17.7. The fraction of sp³-hybridized carbons (Fsp3) is 0.0741. The number of halogens is 2. The van der Waals surface area contributed by atoms with E-state index >= 15 is 0 Å². The predicted molar refractivity (Wildman–Crippen MR) is 141 cm³/mol. The van der Waals surface area contributed by atoms with Gasteiger partial charge in [0.25, 0.3) is 11.8 Å². The molecule has 190 valence electrons. The zero-order chi connectivity index (χ0) is 26.6. The van der Waals surface area contributed by atoms with E-state index in [0.29, 0.717) is 11.4 Å². The van der Waals surface area contributed by atoms with Gasteiger partial charge in [-0.2, -0.15) is 10.2 Å². The third-order valence-corrected chi connectivity index (χ3v) is 5.95. The van der Waals surface area contributed by atoms with Gasteiger partial charge in [0.15, 0.2) is 5.69 Å². The third-order valence-electron chi connectivity index (χ3n) is 5.64. The molecule has 5 rings (SSSR count). The molecule has 0 aliphatic heterocycles. The maximum Gasteiger partial charge on any atom is 0.272 e. The number of nitrogens with zero attached hydrogens (tertiary/aromatic N) is 5. The summed E-state index contributed by atoms with van der Waals surface area (Å²) in [7, 11) is 1.79. The topological polar surface area (TPSA) is 107 Å². The minimum atomic E-state index is -0.605. The van der Waals surface area contributed by atoms with Crippen molar-refractivity contribution in [2.45, 2.75) is 6.54 Å². The number of hydrogen-bond donors (Lipinski definition) is 2. The van der Waals surface area contributed by atoms with Crippen molar-refractivity contribution < 1.29 is 14.0 Å². The lowest BCUT2D eigenvalue weighted by molar-refractivity contribution is 0.0944. The Bertz CT molecular complexity index is 1620. The highest BCUT2D eigenvalue weighted by Crippen LogP contribution is 2.28. The molecule has 0 spiro atoms. The number of nitrogens with one attached hydrogen (secondary N) is 2. The van der Waals surface area contributed by atoms with Gasteiger partial charge in [0.05, 0.1) is 28.2 Å². The molecule has 0 aliphatic rings. The molecule has 0 unspecified atom stereocenters. The maximum absolute atomic E-state index is 14.7. The van der Waals surface area contributed by atoms with Crippen LogP contribution in [0.2, 0.25) is 5.02 Å². The normalized spacial score (nSPS) is 10.8. The number of pyridine rings is 1. The second-order valence-corrected chi connectivity index (χ2v) is 8.76. The first-order valence-corrected chi connectivity index (χ1v) is 11.9. The van der Waals surface area contributed by atoms with Crippen molar-refractivity contribution in [3.8, 4) is 16.9 Å². The summed E-state index contributed by atoms with van der Waals surface area (Å²) in [5.41, 5.74) is 2.06. The average molecular weight is 530 g/mol. The van der Waals surface area contributed by atoms with Gasteiger partial charge < -0.3 is 10.6 Å². The van der Waals surface area contributed by atoms with Crippen LogP contribution in [0.4, 0.5) is 10.2 Å². The number of benzene rings is 2. The highest BCUT2D eigenvalue weighted by Gasteiger charge is 2.21. The molecule has 0 aliphatic carbocycles. The second kappa shape index (κ2) is 10.7. The molecule has 3 aromatic heterocycles. The van der Waals surface area contributed by atoms with Crippen LogP contribution in [0.3, 0.4) is 0 Å². The number of anilines is 1. The van der Waals surface area contributed by atoms with Crippen molar-refractivity contribution in [3.05, 3.63) is 113 Å². The third kappa shape index (κ3) is 5.30. The largest absolute Gasteiger partial charge is 0.346 e. The lowest BCUT2D eigenvalue weighted by Crippen LogP contribution is -2.23. The van der Waals surface area contributed by atoms with Crippen LogP contribution in [0.25, 0.3) is 16.9 Å². The summed E-state index contributed by atoms with van der Waals surface area (Å²) in [5, 5.41) is 14.0. The van der Waals surface area contributed by atoms with Crippen LogP contribution < -0.4 is 10.6 Å². The van der Waals surface area contributed by atoms with Crippen LogP contribution in [0.15, 0.2) is 85.3 Å². The van der Waals surface area contributed by atoms with E-state index in [1.165, 1.54) is 23.0 Å². The van der Waals surface area contributed by atoms with Crippen molar-refractivity contribution in [1.29, 1.82) is 0 Å². The van der Waals surface area contributed by atoms with Gasteiger partial charge in [-0.1, -0.05) is 35.9 Å². The summed E-state index contributed by atoms with van der Waals surface area (Å²) in [6.45, 7) is 0.258. The van der Waals surface area contributed by atoms with Crippen molar-refractivity contribution in [2.75, 3.05) is 5.32 Å². The predicted octanol–water partition coefficient (Wildman–Crippen LogP) is 4.64. The quantitative estimate of drug-likeness (QED) is 0.319. The Morgan fingerprint density at radius 3 is 2.53 bits per heavy atom. The smallest absolute Gasteiger partial charge is 0.272 e. The molecule has 2 amide bonds. The monoisotopic (exact) mass is 529 g/mol. The molecule has 5 aromatic rings. The van der Waals surface area contributed by atoms with Crippen LogP contribution in [-0.2, 0) is 13.6 Å². The van der Waals surface area contributed by atoms with E-state index in [2.05, 4.69) is 25.8 Å². The fourth-order valence-electron chi connectivity index (χ4n) is 3.81. The SMILES string of the molecule is Cn1cc(CNC(=O)c2cc(NC(=O)c3cc(-c4ccccn4)c(F)cc3Cl)n(-c3ccccc3)n2)cn1. The van der Waals surface area contributed by atoms with Gasteiger partial charge in [-0.15, -0.1) is 0 Å². The maximum atomic E-state index is 14.7. The number of carbonyl (C=O) groups excluding carboxylic acids is 2. The second-order valence-electron chi connectivity index (χ2n) is 8.35. The molecule has 0 radical (unpaired) electrons. The van der Waals surface area contributed by atoms with Gasteiger partial charge in [-0.05, 0) is 36.4 Å². The zero-order valence-electron chi connectivity index (χ0n) is 20.1. The Labute approximate surface area is 221 Å². The molecule has 0 atom stereocenters. The van der Waals surface area contributed by atoms with Gasteiger partial charge in [0, 0.05) is 43.2 Å². The Morgan fingerprint density at radius 1 is 1.03 bits per heavy atom. The first kappa shape index (κ1) is 24.8. The van der Waals surface area contributed by atoms with E-state index in [1.54, 1.807) is 66.6 Å². The summed E-state index contributed by atoms with van der Waals surface area (Å²) in [4.78, 5) is 30.4. The molecule has 0 fully saturated rings. The number of amides is 2. The number of rotatable bonds is 7. The molecule has 2 aromatic carbocycles. The Hall–Kier alpha value is -4.83. The summed E-state index contributed by atoms with van der Waals surface area (Å²) in [6, 6.07) is 18.0. The molecule has 0 saturated heterocycles. The number of carbonyl (C=O) groups is 2. The van der Waals surface area contributed by atoms with Gasteiger partial charge in [-0.3, -0.25) is 19.3 Å². The standard InChI is InChI=1S/C27H21ClFN7O2/c1-35-16-17(15-32-35)14-31-27(38)24-13-25(36(34-24)18-7-3-2-4-8-18)33-26(37)19-11-20(22(29)12-21(19)28)23-9-5-6-10-30-23/h2-13,15-16H,14H2,1H3,(H,31,38)(H,33,37). The van der Waals surface area contributed by atoms with Crippen LogP contribution >= 0.6 is 11.6 Å². The highest BCUT2D eigenvalue weighted by atomic mass is 35.5. The average Bonchev–Trinajstić information content (AvgIpc) is 3.54. The van der Waals surface area contributed by atoms with Gasteiger partial charge in [-0.25, -0.2) is 9.07 Å². The minimum Gasteiger partial charge on any atom is -0.346 e. The van der Waals surface area contributed by atoms with E-state index in [9.17, 15) is 14.0 Å². The van der Waals surface area contributed by atoms with E-state index in [-0.39, 0.29) is 34.2 Å². The van der Waals surface area contributed by atoms with Crippen molar-refractivity contribution in [3.63, 3.8) is 0 Å². The number of para-hydroxylation sites is 1. The number of hydrogen-bond acceptors (Lipinski definition) is 5. The Kier molecular flexibility index (Phi) is 6.96. The Morgan fingerprint density at radius 2 is 1.82 bits per heavy atom. The summed E-state index contributed by atoms with van der Waals surface area (Å²) >= 11 is 6.25. The molecule has 2 N–H and O–H groups in total. The van der Waals surface area contributed by atoms with Crippen LogP contribution in [0.5, 0.6) is 0 Å². The van der Waals surface area contributed by atoms with E-state index < -0.39 is 17.6 Å². The molecule has 38 heavy (non-hydrogen) atoms. The molecule has 0 saturated carbocycles. The van der Waals surface area contributed by atoms with E-state index in [4.69, 9.17) is 11.6 Å². The zero-order valence-corrected chi connectivity index (χ0v) is 20.9. The van der Waals surface area contributed by atoms with Crippen LogP contribution in [-0.4, -0.2) is 36.4 Å². The van der Waals surface area contributed by atoms with E-state index in [0.717, 1.165) is 11.6 Å². The van der Waals surface area contributed by atoms with Crippen molar-refractivity contribution >= 4 is 29.2 Å². The van der Waals surface area contributed by atoms with Gasteiger partial charge in [0.1, 0.15) is 11.6 Å². The number of aromatic nitrogens is 5. The summed E-state index contributed by atoms with van der Waals surface area (Å²) in [5.74, 6) is -1.41. The van der Waals surface area contributed by atoms with Crippen molar-refractivity contribution in [2.24, 2.45) is 7.05 Å². The van der Waals surface area contributed by atoms with Crippen LogP contribution in [0, 0.1) is 5.82 Å². The van der Waals surface area contributed by atoms with Gasteiger partial charge >= 0.3 is 0 Å². The lowest BCUT2D eigenvalue weighted by Gasteiger charge is -2.11. The van der Waals surface area contributed by atoms with Crippen LogP contribution in [0.1, 0.15) is 26.4 Å². The molecule has 9 nitrogen and oxygen atoms in total. The summed E-state index contributed by atoms with van der Waals surface area (Å²) in [6.07, 6.45) is 4.97. The van der Waals surface area contributed by atoms with E-state index in [1.807, 2.05) is 6.07 Å². The number of aryl methyl sites for hydroxylation is 1. The van der Waals surface area contributed by atoms with Gasteiger partial charge in [0.2, 0.25) is 0 Å². The molecular weight excluding hydrogens is 509 g/mol. The fourth-order valence-corrected chi connectivity index (χ4v) is 4.04. The first-order chi connectivity index (χ1) is 18.4. The molecule has 3 heterocycles. The van der Waals surface area contributed by atoms with Crippen molar-refractivity contribution in [1.82, 2.24) is 29.9 Å². The molecular formula is C27H21ClFN7O2. The minimum absolute atomic E-state index is 0.0390. The lowest BCUT2D eigenvalue weighted by atomic mass is 10.1. The highest BCUT2D eigenvalue weighted by molar-refractivity contribution is 6.34. The first-order valence-electron chi connectivity index (χ1n) is 11.5. The Balaban J connectivity index is 1.45. The molecule has 11 heteroatoms.